The van der Waals surface area contributed by atoms with Crippen molar-refractivity contribution in [2.24, 2.45) is 5.92 Å². The number of aliphatic hydroxyl groups is 2. The molecule has 0 heterocycles. The summed E-state index contributed by atoms with van der Waals surface area (Å²) in [5, 5.41) is 18.1. The van der Waals surface area contributed by atoms with Gasteiger partial charge >= 0.3 is 0 Å². The van der Waals surface area contributed by atoms with Crippen LogP contribution in [0.15, 0.2) is 0 Å². The number of hydrogen-bond donors (Lipinski definition) is 2. The van der Waals surface area contributed by atoms with Crippen molar-refractivity contribution in [1.29, 1.82) is 0 Å². The fraction of sp³-hybridized carbons (Fsp3) is 1.00. The second-order valence-electron chi connectivity index (χ2n) is 3.24. The largest absolute Gasteiger partial charge is 0.396 e. The monoisotopic (exact) mass is 144 g/mol. The lowest BCUT2D eigenvalue weighted by atomic mass is 10.1. The van der Waals surface area contributed by atoms with E-state index in [9.17, 15) is 5.11 Å². The first kappa shape index (κ1) is 8.02. The SMILES string of the molecule is CCC1CC1(O)CCCO. The second-order valence-corrected chi connectivity index (χ2v) is 3.24. The minimum atomic E-state index is -0.391. The summed E-state index contributed by atoms with van der Waals surface area (Å²) in [6, 6.07) is 0. The number of aliphatic hydroxyl groups excluding tert-OH is 1. The van der Waals surface area contributed by atoms with Crippen molar-refractivity contribution in [2.75, 3.05) is 6.61 Å². The molecule has 0 aromatic carbocycles. The van der Waals surface area contributed by atoms with Crippen LogP contribution < -0.4 is 0 Å². The van der Waals surface area contributed by atoms with Crippen LogP contribution in [0.5, 0.6) is 0 Å². The van der Waals surface area contributed by atoms with E-state index in [4.69, 9.17) is 5.11 Å². The Bertz CT molecular complexity index is 114. The van der Waals surface area contributed by atoms with Gasteiger partial charge in [0.25, 0.3) is 0 Å². The van der Waals surface area contributed by atoms with Gasteiger partial charge < -0.3 is 10.2 Å². The zero-order chi connectivity index (χ0) is 7.61. The highest BCUT2D eigenvalue weighted by Gasteiger charge is 2.50. The van der Waals surface area contributed by atoms with Crippen molar-refractivity contribution in [2.45, 2.75) is 38.2 Å². The van der Waals surface area contributed by atoms with E-state index in [2.05, 4.69) is 6.92 Å². The van der Waals surface area contributed by atoms with Crippen molar-refractivity contribution in [1.82, 2.24) is 0 Å². The number of hydrogen-bond acceptors (Lipinski definition) is 2. The van der Waals surface area contributed by atoms with Crippen LogP contribution in [0.3, 0.4) is 0 Å². The van der Waals surface area contributed by atoms with Crippen LogP contribution >= 0.6 is 0 Å². The van der Waals surface area contributed by atoms with E-state index >= 15 is 0 Å². The van der Waals surface area contributed by atoms with Gasteiger partial charge in [0.15, 0.2) is 0 Å². The van der Waals surface area contributed by atoms with Crippen LogP contribution in [0.4, 0.5) is 0 Å². The molecule has 0 saturated heterocycles. The lowest BCUT2D eigenvalue weighted by molar-refractivity contribution is 0.109. The van der Waals surface area contributed by atoms with Gasteiger partial charge in [-0.05, 0) is 25.2 Å². The quantitative estimate of drug-likeness (QED) is 0.616. The van der Waals surface area contributed by atoms with Crippen molar-refractivity contribution in [3.8, 4) is 0 Å². The third-order valence-electron chi connectivity index (χ3n) is 2.46. The molecule has 0 aromatic heterocycles. The van der Waals surface area contributed by atoms with Gasteiger partial charge in [0.1, 0.15) is 0 Å². The van der Waals surface area contributed by atoms with Crippen molar-refractivity contribution in [3.05, 3.63) is 0 Å². The van der Waals surface area contributed by atoms with Gasteiger partial charge in [-0.1, -0.05) is 13.3 Å². The predicted molar refractivity (Wildman–Crippen MR) is 39.7 cm³/mol. The topological polar surface area (TPSA) is 40.5 Å². The Morgan fingerprint density at radius 2 is 2.30 bits per heavy atom. The van der Waals surface area contributed by atoms with Crippen LogP contribution in [0.1, 0.15) is 32.6 Å². The number of rotatable bonds is 4. The Morgan fingerprint density at radius 3 is 2.70 bits per heavy atom. The zero-order valence-corrected chi connectivity index (χ0v) is 6.51. The van der Waals surface area contributed by atoms with Gasteiger partial charge in [-0.25, -0.2) is 0 Å². The summed E-state index contributed by atoms with van der Waals surface area (Å²) < 4.78 is 0. The van der Waals surface area contributed by atoms with Crippen LogP contribution in [0.25, 0.3) is 0 Å². The maximum Gasteiger partial charge on any atom is 0.0681 e. The first-order valence-electron chi connectivity index (χ1n) is 4.06. The Hall–Kier alpha value is -0.0800. The minimum Gasteiger partial charge on any atom is -0.396 e. The third-order valence-corrected chi connectivity index (χ3v) is 2.46. The summed E-state index contributed by atoms with van der Waals surface area (Å²) in [5.41, 5.74) is -0.391. The van der Waals surface area contributed by atoms with E-state index in [1.165, 1.54) is 0 Å². The molecule has 2 nitrogen and oxygen atoms in total. The first-order valence-corrected chi connectivity index (χ1v) is 4.06. The van der Waals surface area contributed by atoms with Crippen molar-refractivity contribution >= 4 is 0 Å². The molecule has 1 aliphatic rings. The smallest absolute Gasteiger partial charge is 0.0681 e. The van der Waals surface area contributed by atoms with E-state index in [0.29, 0.717) is 5.92 Å². The van der Waals surface area contributed by atoms with E-state index < -0.39 is 5.60 Å². The summed E-state index contributed by atoms with van der Waals surface area (Å²) in [7, 11) is 0. The van der Waals surface area contributed by atoms with Gasteiger partial charge in [0, 0.05) is 6.61 Å². The Balaban J connectivity index is 2.16. The van der Waals surface area contributed by atoms with Crippen LogP contribution in [-0.4, -0.2) is 22.4 Å². The molecule has 60 valence electrons. The Labute approximate surface area is 61.9 Å². The maximum absolute atomic E-state index is 9.61. The summed E-state index contributed by atoms with van der Waals surface area (Å²) in [5.74, 6) is 0.513. The second kappa shape index (κ2) is 2.89. The highest BCUT2D eigenvalue weighted by atomic mass is 16.3. The van der Waals surface area contributed by atoms with E-state index in [0.717, 1.165) is 25.7 Å². The molecule has 1 rings (SSSR count). The molecule has 0 aliphatic heterocycles. The van der Waals surface area contributed by atoms with Crippen molar-refractivity contribution < 1.29 is 10.2 Å². The Morgan fingerprint density at radius 1 is 1.60 bits per heavy atom. The third kappa shape index (κ3) is 1.50. The molecule has 1 saturated carbocycles. The van der Waals surface area contributed by atoms with Crippen LogP contribution in [0, 0.1) is 5.92 Å². The van der Waals surface area contributed by atoms with Crippen LogP contribution in [-0.2, 0) is 0 Å². The summed E-state index contributed by atoms with van der Waals surface area (Å²) >= 11 is 0. The normalized spacial score (nSPS) is 38.1. The Kier molecular flexibility index (Phi) is 2.32. The molecule has 2 N–H and O–H groups in total. The molecule has 0 spiro atoms. The minimum absolute atomic E-state index is 0.207. The summed E-state index contributed by atoms with van der Waals surface area (Å²) in [6.07, 6.45) is 3.54. The van der Waals surface area contributed by atoms with Crippen molar-refractivity contribution in [3.63, 3.8) is 0 Å². The standard InChI is InChI=1S/C8H16O2/c1-2-7-6-8(7,10)4-3-5-9/h7,9-10H,2-6H2,1H3. The highest BCUT2D eigenvalue weighted by molar-refractivity contribution is 5.01. The van der Waals surface area contributed by atoms with Gasteiger partial charge in [-0.2, -0.15) is 0 Å². The molecule has 2 unspecified atom stereocenters. The molecular formula is C8H16O2. The molecule has 2 heteroatoms. The average molecular weight is 144 g/mol. The molecule has 1 fully saturated rings. The fourth-order valence-corrected chi connectivity index (χ4v) is 1.58. The van der Waals surface area contributed by atoms with Crippen LogP contribution in [0.2, 0.25) is 0 Å². The highest BCUT2D eigenvalue weighted by Crippen LogP contribution is 2.48. The van der Waals surface area contributed by atoms with Gasteiger partial charge in [-0.15, -0.1) is 0 Å². The molecule has 2 atom stereocenters. The summed E-state index contributed by atoms with van der Waals surface area (Å²) in [4.78, 5) is 0. The lowest BCUT2D eigenvalue weighted by Gasteiger charge is -2.06. The average Bonchev–Trinajstić information content (AvgIpc) is 2.59. The maximum atomic E-state index is 9.61. The molecular weight excluding hydrogens is 128 g/mol. The molecule has 1 aliphatic carbocycles. The molecule has 0 bridgehead atoms. The van der Waals surface area contributed by atoms with Gasteiger partial charge in [-0.3, -0.25) is 0 Å². The van der Waals surface area contributed by atoms with E-state index in [-0.39, 0.29) is 6.61 Å². The fourth-order valence-electron chi connectivity index (χ4n) is 1.58. The zero-order valence-electron chi connectivity index (χ0n) is 6.51. The van der Waals surface area contributed by atoms with E-state index in [1.807, 2.05) is 0 Å². The van der Waals surface area contributed by atoms with E-state index in [1.54, 1.807) is 0 Å². The molecule has 0 amide bonds. The van der Waals surface area contributed by atoms with Gasteiger partial charge in [0.05, 0.1) is 5.60 Å². The summed E-state index contributed by atoms with van der Waals surface area (Å²) in [6.45, 7) is 2.31. The predicted octanol–water partition coefficient (Wildman–Crippen LogP) is 0.920. The molecule has 0 radical (unpaired) electrons. The van der Waals surface area contributed by atoms with Gasteiger partial charge in [0.2, 0.25) is 0 Å². The molecule has 0 aromatic rings. The first-order chi connectivity index (χ1) is 4.73. The lowest BCUT2D eigenvalue weighted by Crippen LogP contribution is -2.11. The molecule has 10 heavy (non-hydrogen) atoms.